The van der Waals surface area contributed by atoms with Gasteiger partial charge in [0.05, 0.1) is 26.2 Å². The number of nitrogens with one attached hydrogen (secondary N) is 1. The predicted octanol–water partition coefficient (Wildman–Crippen LogP) is 4.37. The Morgan fingerprint density at radius 1 is 1.03 bits per heavy atom. The molecule has 1 saturated heterocycles. The minimum Gasteiger partial charge on any atom is -0.493 e. The van der Waals surface area contributed by atoms with Crippen molar-refractivity contribution in [1.82, 2.24) is 10.2 Å². The van der Waals surface area contributed by atoms with E-state index in [1.807, 2.05) is 24.3 Å². The molecule has 0 unspecified atom stereocenters. The fourth-order valence-corrected chi connectivity index (χ4v) is 4.59. The van der Waals surface area contributed by atoms with Gasteiger partial charge in [-0.1, -0.05) is 45.0 Å². The smallest absolute Gasteiger partial charge is 0.252 e. The van der Waals surface area contributed by atoms with Gasteiger partial charge < -0.3 is 14.8 Å². The third-order valence-corrected chi connectivity index (χ3v) is 6.73. The van der Waals surface area contributed by atoms with Crippen LogP contribution in [0, 0.1) is 0 Å². The summed E-state index contributed by atoms with van der Waals surface area (Å²) in [5, 5.41) is 2.73. The topological polar surface area (TPSA) is 84.9 Å². The third-order valence-electron chi connectivity index (χ3n) is 6.73. The van der Waals surface area contributed by atoms with E-state index in [9.17, 15) is 14.4 Å². The van der Waals surface area contributed by atoms with E-state index in [4.69, 9.17) is 9.47 Å². The van der Waals surface area contributed by atoms with E-state index in [1.165, 1.54) is 10.5 Å². The summed E-state index contributed by atoms with van der Waals surface area (Å²) in [5.74, 6) is -0.0312. The molecule has 3 amide bonds. The summed E-state index contributed by atoms with van der Waals surface area (Å²) in [5.41, 5.74) is 2.43. The first kappa shape index (κ1) is 24.8. The second-order valence-electron chi connectivity index (χ2n) is 10.4. The molecule has 2 aliphatic rings. The molecule has 1 N–H and O–H groups in total. The second kappa shape index (κ2) is 10.1. The lowest BCUT2D eigenvalue weighted by atomic mass is 9.87. The maximum absolute atomic E-state index is 13.0. The Kier molecular flexibility index (Phi) is 7.15. The first-order valence-corrected chi connectivity index (χ1v) is 12.2. The average molecular weight is 479 g/mol. The van der Waals surface area contributed by atoms with Gasteiger partial charge in [-0.25, -0.2) is 0 Å². The van der Waals surface area contributed by atoms with Gasteiger partial charge in [-0.2, -0.15) is 0 Å². The number of rotatable bonds is 7. The maximum Gasteiger partial charge on any atom is 0.252 e. The summed E-state index contributed by atoms with van der Waals surface area (Å²) in [6, 6.07) is 12.0. The quantitative estimate of drug-likeness (QED) is 0.598. The molecule has 0 radical (unpaired) electrons. The monoisotopic (exact) mass is 478 g/mol. The molecular weight excluding hydrogens is 444 g/mol. The Bertz CT molecular complexity index is 1100. The number of hydrogen-bond acceptors (Lipinski definition) is 5. The van der Waals surface area contributed by atoms with Gasteiger partial charge in [-0.05, 0) is 60.4 Å². The van der Waals surface area contributed by atoms with Gasteiger partial charge in [0.25, 0.3) is 11.8 Å². The van der Waals surface area contributed by atoms with E-state index in [0.717, 1.165) is 31.2 Å². The van der Waals surface area contributed by atoms with Crippen molar-refractivity contribution in [3.05, 3.63) is 59.2 Å². The molecule has 0 bridgehead atoms. The highest BCUT2D eigenvalue weighted by molar-refractivity contribution is 6.08. The zero-order valence-electron chi connectivity index (χ0n) is 20.9. The molecule has 1 saturated carbocycles. The van der Waals surface area contributed by atoms with E-state index >= 15 is 0 Å². The number of amides is 3. The van der Waals surface area contributed by atoms with Crippen LogP contribution in [0.1, 0.15) is 74.4 Å². The van der Waals surface area contributed by atoms with Gasteiger partial charge in [0.1, 0.15) is 6.04 Å². The number of benzene rings is 2. The van der Waals surface area contributed by atoms with Crippen LogP contribution in [0.5, 0.6) is 11.5 Å². The molecule has 1 atom stereocenters. The zero-order valence-corrected chi connectivity index (χ0v) is 20.9. The van der Waals surface area contributed by atoms with Crippen molar-refractivity contribution in [2.75, 3.05) is 7.11 Å². The molecule has 7 heteroatoms. The number of carbonyl (C=O) groups is 3. The number of likely N-dealkylation sites (tertiary alicyclic amines) is 1. The van der Waals surface area contributed by atoms with Crippen LogP contribution >= 0.6 is 0 Å². The van der Waals surface area contributed by atoms with Crippen molar-refractivity contribution in [1.29, 1.82) is 0 Å². The Labute approximate surface area is 206 Å². The van der Waals surface area contributed by atoms with Crippen molar-refractivity contribution in [2.24, 2.45) is 0 Å². The summed E-state index contributed by atoms with van der Waals surface area (Å²) < 4.78 is 11.5. The number of imide groups is 1. The fourth-order valence-electron chi connectivity index (χ4n) is 4.59. The van der Waals surface area contributed by atoms with Crippen molar-refractivity contribution in [2.45, 2.75) is 77.0 Å². The normalized spacial score (nSPS) is 18.7. The molecule has 0 aromatic heterocycles. The average Bonchev–Trinajstić information content (AvgIpc) is 3.42. The van der Waals surface area contributed by atoms with Crippen LogP contribution in [-0.2, 0) is 21.5 Å². The Hall–Kier alpha value is -3.35. The van der Waals surface area contributed by atoms with E-state index in [2.05, 4.69) is 26.1 Å². The van der Waals surface area contributed by atoms with Gasteiger partial charge in [-0.15, -0.1) is 0 Å². The largest absolute Gasteiger partial charge is 0.493 e. The Morgan fingerprint density at radius 2 is 1.71 bits per heavy atom. The lowest BCUT2D eigenvalue weighted by molar-refractivity contribution is -0.139. The van der Waals surface area contributed by atoms with Crippen molar-refractivity contribution < 1.29 is 23.9 Å². The highest BCUT2D eigenvalue weighted by Crippen LogP contribution is 2.32. The van der Waals surface area contributed by atoms with Crippen LogP contribution in [0.25, 0.3) is 0 Å². The molecule has 2 aromatic rings. The molecule has 35 heavy (non-hydrogen) atoms. The van der Waals surface area contributed by atoms with Crippen LogP contribution in [0.2, 0.25) is 0 Å². The molecule has 1 heterocycles. The lowest BCUT2D eigenvalue weighted by Crippen LogP contribution is -2.41. The number of nitrogens with zero attached hydrogens (tertiary/aromatic N) is 1. The molecule has 7 nitrogen and oxygen atoms in total. The summed E-state index contributed by atoms with van der Waals surface area (Å²) in [6.07, 6.45) is 4.28. The molecular formula is C28H34N2O5. The third kappa shape index (κ3) is 5.66. The van der Waals surface area contributed by atoms with E-state index in [0.29, 0.717) is 17.1 Å². The number of ether oxygens (including phenoxy) is 2. The highest BCUT2D eigenvalue weighted by atomic mass is 16.5. The first-order valence-electron chi connectivity index (χ1n) is 12.2. The van der Waals surface area contributed by atoms with Crippen LogP contribution in [0.15, 0.2) is 42.5 Å². The molecule has 1 aliphatic heterocycles. The number of hydrogen-bond donors (Lipinski definition) is 1. The lowest BCUT2D eigenvalue weighted by Gasteiger charge is -2.20. The van der Waals surface area contributed by atoms with E-state index in [1.54, 1.807) is 25.3 Å². The molecule has 2 fully saturated rings. The summed E-state index contributed by atoms with van der Waals surface area (Å²) in [6.45, 7) is 6.59. The minimum absolute atomic E-state index is 0.0245. The Morgan fingerprint density at radius 3 is 2.34 bits per heavy atom. The van der Waals surface area contributed by atoms with Gasteiger partial charge in [0.2, 0.25) is 5.91 Å². The molecule has 4 rings (SSSR count). The summed E-state index contributed by atoms with van der Waals surface area (Å²) in [7, 11) is 1.56. The molecule has 2 aromatic carbocycles. The van der Waals surface area contributed by atoms with E-state index < -0.39 is 11.9 Å². The summed E-state index contributed by atoms with van der Waals surface area (Å²) >= 11 is 0. The van der Waals surface area contributed by atoms with Gasteiger partial charge >= 0.3 is 0 Å². The van der Waals surface area contributed by atoms with Crippen LogP contribution < -0.4 is 14.8 Å². The van der Waals surface area contributed by atoms with Crippen LogP contribution in [-0.4, -0.2) is 41.9 Å². The standard InChI is InChI=1S/C28H34N2O5/c1-28(2,3)20-12-9-18(10-13-20)17-30-25(31)16-22(27(30)33)29-26(32)19-11-14-23(34-4)24(15-19)35-21-7-5-6-8-21/h9-15,21-22H,5-8,16-17H2,1-4H3,(H,29,32)/t22-/m0/s1. The van der Waals surface area contributed by atoms with Gasteiger partial charge in [0.15, 0.2) is 11.5 Å². The maximum atomic E-state index is 13.0. The molecule has 186 valence electrons. The van der Waals surface area contributed by atoms with Gasteiger partial charge in [0, 0.05) is 5.56 Å². The molecule has 0 spiro atoms. The Balaban J connectivity index is 1.41. The number of methoxy groups -OCH3 is 1. The highest BCUT2D eigenvalue weighted by Gasteiger charge is 2.39. The predicted molar refractivity (Wildman–Crippen MR) is 132 cm³/mol. The fraction of sp³-hybridized carbons (Fsp3) is 0.464. The van der Waals surface area contributed by atoms with Crippen molar-refractivity contribution >= 4 is 17.7 Å². The van der Waals surface area contributed by atoms with E-state index in [-0.39, 0.29) is 36.3 Å². The van der Waals surface area contributed by atoms with Gasteiger partial charge in [-0.3, -0.25) is 19.3 Å². The molecule has 1 aliphatic carbocycles. The number of carbonyl (C=O) groups excluding carboxylic acids is 3. The summed E-state index contributed by atoms with van der Waals surface area (Å²) in [4.78, 5) is 39.7. The zero-order chi connectivity index (χ0) is 25.2. The first-order chi connectivity index (χ1) is 16.7. The van der Waals surface area contributed by atoms with Crippen molar-refractivity contribution in [3.63, 3.8) is 0 Å². The second-order valence-corrected chi connectivity index (χ2v) is 10.4. The SMILES string of the molecule is COc1ccc(C(=O)N[C@H]2CC(=O)N(Cc3ccc(C(C)(C)C)cc3)C2=O)cc1OC1CCCC1. The van der Waals surface area contributed by atoms with Crippen LogP contribution in [0.4, 0.5) is 0 Å². The van der Waals surface area contributed by atoms with Crippen LogP contribution in [0.3, 0.4) is 0 Å². The minimum atomic E-state index is -0.884. The van der Waals surface area contributed by atoms with Crippen molar-refractivity contribution in [3.8, 4) is 11.5 Å².